The van der Waals surface area contributed by atoms with E-state index in [1.54, 1.807) is 66.7 Å². The van der Waals surface area contributed by atoms with Gasteiger partial charge in [0.1, 0.15) is 29.8 Å². The largest absolute Gasteiger partial charge is 0.480 e. The maximum absolute atomic E-state index is 13.5. The van der Waals surface area contributed by atoms with E-state index in [4.69, 9.17) is 10.5 Å². The van der Waals surface area contributed by atoms with Gasteiger partial charge in [-0.1, -0.05) is 55.8 Å². The van der Waals surface area contributed by atoms with E-state index >= 15 is 0 Å². The minimum Gasteiger partial charge on any atom is -0.480 e. The maximum Gasteiger partial charge on any atom is 0.326 e. The number of fused-ring (bicyclic) bond motifs is 3. The van der Waals surface area contributed by atoms with Crippen LogP contribution >= 0.6 is 0 Å². The van der Waals surface area contributed by atoms with E-state index in [2.05, 4.69) is 72.1 Å². The Morgan fingerprint density at radius 1 is 0.809 bits per heavy atom. The second kappa shape index (κ2) is 26.4. The molecule has 0 unspecified atom stereocenters. The van der Waals surface area contributed by atoms with Crippen LogP contribution in [0.5, 0.6) is 5.75 Å². The lowest BCUT2D eigenvalue weighted by Crippen LogP contribution is -2.42. The summed E-state index contributed by atoms with van der Waals surface area (Å²) in [5.41, 5.74) is 14.4. The first kappa shape index (κ1) is 65.1. The lowest BCUT2D eigenvalue weighted by molar-refractivity contribution is -0.438. The summed E-state index contributed by atoms with van der Waals surface area (Å²) in [5.74, 6) is -2.33. The van der Waals surface area contributed by atoms with E-state index in [1.807, 2.05) is 45.1 Å². The highest BCUT2D eigenvalue weighted by Crippen LogP contribution is 2.49. The van der Waals surface area contributed by atoms with E-state index in [0.29, 0.717) is 72.8 Å². The molecule has 89 heavy (non-hydrogen) atoms. The highest BCUT2D eigenvalue weighted by Gasteiger charge is 2.45. The van der Waals surface area contributed by atoms with Crippen molar-refractivity contribution in [3.63, 3.8) is 0 Å². The second-order valence-corrected chi connectivity index (χ2v) is 28.1. The van der Waals surface area contributed by atoms with Gasteiger partial charge in [-0.25, -0.2) is 14.8 Å². The van der Waals surface area contributed by atoms with Crippen LogP contribution in [0.2, 0.25) is 0 Å². The molecule has 1 amide bonds. The van der Waals surface area contributed by atoms with Gasteiger partial charge >= 0.3 is 5.97 Å². The number of nitrogen functional groups attached to an aromatic ring is 1. The van der Waals surface area contributed by atoms with Crippen LogP contribution in [0.25, 0.3) is 11.2 Å². The van der Waals surface area contributed by atoms with Crippen molar-refractivity contribution >= 4 is 82.1 Å². The Hall–Kier alpha value is -8.40. The number of ether oxygens (including phenoxy) is 1. The zero-order chi connectivity index (χ0) is 64.2. The van der Waals surface area contributed by atoms with Gasteiger partial charge < -0.3 is 31.1 Å². The van der Waals surface area contributed by atoms with E-state index in [1.165, 1.54) is 6.20 Å². The van der Waals surface area contributed by atoms with Crippen LogP contribution in [0.4, 0.5) is 23.0 Å². The molecule has 4 heterocycles. The molecule has 1 aliphatic carbocycles. The van der Waals surface area contributed by atoms with E-state index < -0.39 is 76.2 Å². The highest BCUT2D eigenvalue weighted by molar-refractivity contribution is 7.86. The first-order valence-electron chi connectivity index (χ1n) is 28.9. The minimum atomic E-state index is -4.36. The number of H-pyrrole nitrogens is 1. The number of benzene rings is 4. The molecular formula is C63H72N9O14S3+. The molecule has 0 fully saturated rings. The van der Waals surface area contributed by atoms with Crippen LogP contribution in [-0.4, -0.2) is 117 Å². The third kappa shape index (κ3) is 16.1. The van der Waals surface area contributed by atoms with Crippen molar-refractivity contribution in [3.8, 4) is 5.75 Å². The second-order valence-electron chi connectivity index (χ2n) is 23.5. The van der Waals surface area contributed by atoms with Gasteiger partial charge in [-0.3, -0.25) is 28.2 Å². The number of unbranched alkanes of at least 4 members (excludes halogenated alkanes) is 2. The van der Waals surface area contributed by atoms with Crippen LogP contribution in [0, 0.1) is 6.92 Å². The Morgan fingerprint density at radius 2 is 1.51 bits per heavy atom. The van der Waals surface area contributed by atoms with Crippen molar-refractivity contribution in [3.05, 3.63) is 187 Å². The standard InChI is InChI=1S/C63H71N9O14S3/c1-39-13-25-51-48(33-39)62(2,3)53(71(51)29-6-8-31-87(77,78)79)27-19-42-11-10-12-43(20-28-54-63(4,5)49-34-41(38-89(83,84)85)16-26-52(49)72(54)30-7-9-32-88(80,81)82)56(42)86-47-23-14-40(15-24-47)35-50(60(75)76)68-58(73)44-17-21-45(22-18-44)65-36-46-37-66-57-55(67-46)59(74)70-61(64)69-57/h13-28,33-34,37,50H,6-12,29-32,35-36,38H2,1-5H3,(H8-,64,65,66,68,69,70,73,74,75,76,77,78,79,80,81,82,83,84,85)/p+1/t50-/m0/s1. The average Bonchev–Trinajstić information content (AvgIpc) is 1.61. The molecule has 0 spiro atoms. The summed E-state index contributed by atoms with van der Waals surface area (Å²) in [6.07, 6.45) is 12.7. The molecule has 0 saturated heterocycles. The summed E-state index contributed by atoms with van der Waals surface area (Å²) in [7, 11) is -12.7. The molecule has 2 aromatic heterocycles. The Bertz CT molecular complexity index is 4330. The number of carbonyl (C=O) groups excluding carboxylic acids is 1. The molecular weight excluding hydrogens is 1200 g/mol. The van der Waals surface area contributed by atoms with Gasteiger partial charge in [-0.2, -0.15) is 34.8 Å². The van der Waals surface area contributed by atoms with Crippen molar-refractivity contribution in [1.29, 1.82) is 0 Å². The van der Waals surface area contributed by atoms with Crippen molar-refractivity contribution in [2.75, 3.05) is 40.5 Å². The zero-order valence-electron chi connectivity index (χ0n) is 49.9. The molecule has 9 rings (SSSR count). The normalized spacial score (nSPS) is 17.0. The number of aliphatic carboxylic acids is 1. The third-order valence-corrected chi connectivity index (χ3v) is 18.4. The van der Waals surface area contributed by atoms with Crippen molar-refractivity contribution in [2.24, 2.45) is 0 Å². The number of carboxylic acid groups (broad SMARTS) is 1. The summed E-state index contributed by atoms with van der Waals surface area (Å²) in [6, 6.07) is 23.4. The Labute approximate surface area is 516 Å². The molecule has 1 atom stereocenters. The number of aromatic nitrogens is 4. The molecule has 9 N–H and O–H groups in total. The number of nitrogens with two attached hydrogens (primary N) is 1. The fourth-order valence-electron chi connectivity index (χ4n) is 11.6. The lowest BCUT2D eigenvalue weighted by Gasteiger charge is -2.27. The summed E-state index contributed by atoms with van der Waals surface area (Å²) < 4.78 is 109. The number of carboxylic acids is 1. The van der Waals surface area contributed by atoms with Crippen LogP contribution in [0.15, 0.2) is 143 Å². The number of nitrogens with zero attached hydrogens (tertiary/aromatic N) is 5. The monoisotopic (exact) mass is 1270 g/mol. The van der Waals surface area contributed by atoms with Gasteiger partial charge in [-0.15, -0.1) is 0 Å². The van der Waals surface area contributed by atoms with Gasteiger partial charge in [0.2, 0.25) is 11.6 Å². The van der Waals surface area contributed by atoms with Gasteiger partial charge in [-0.05, 0) is 148 Å². The summed E-state index contributed by atoms with van der Waals surface area (Å²) in [5, 5.41) is 16.1. The van der Waals surface area contributed by atoms with Crippen LogP contribution < -0.4 is 31.6 Å². The Kier molecular flexibility index (Phi) is 19.3. The van der Waals surface area contributed by atoms with Gasteiger partial charge in [0.25, 0.3) is 41.8 Å². The highest BCUT2D eigenvalue weighted by atomic mass is 32.2. The predicted molar refractivity (Wildman–Crippen MR) is 339 cm³/mol. The average molecular weight is 1280 g/mol. The van der Waals surface area contributed by atoms with Crippen LogP contribution in [0.1, 0.15) is 117 Å². The topological polar surface area (TPSA) is 355 Å². The number of hydrogen-bond donors (Lipinski definition) is 8. The molecule has 23 nitrogen and oxygen atoms in total. The molecule has 470 valence electrons. The number of carbonyl (C=O) groups is 2. The SMILES string of the molecule is Cc1ccc2c(c1)C(C)(C)/C(=C\C=C1/CCCC(/C=C/C3=[N+](CCCCS(=O)(=O)O)c4ccc(CS(=O)(=O)O)cc4C3(C)C)=C1Oc1ccc(C[C@H](NC(=O)c3ccc(NCc4cnc5nc(N)[nH]c(=O)c5n4)cc3)C(=O)O)cc1)N2CCCCS(=O)(=O)O. The summed E-state index contributed by atoms with van der Waals surface area (Å²) >= 11 is 0. The number of aromatic amines is 1. The van der Waals surface area contributed by atoms with E-state index in [0.717, 1.165) is 57.0 Å². The number of amides is 1. The molecule has 0 saturated carbocycles. The fourth-order valence-corrected chi connectivity index (χ4v) is 13.3. The molecule has 0 bridgehead atoms. The summed E-state index contributed by atoms with van der Waals surface area (Å²) in [4.78, 5) is 55.6. The number of rotatable bonds is 25. The fraction of sp³-hybridized carbons (Fsp3) is 0.349. The molecule has 4 aromatic carbocycles. The Balaban J connectivity index is 1.01. The lowest BCUT2D eigenvalue weighted by atomic mass is 9.80. The van der Waals surface area contributed by atoms with Gasteiger partial charge in [0.05, 0.1) is 35.4 Å². The first-order valence-corrected chi connectivity index (χ1v) is 33.8. The van der Waals surface area contributed by atoms with Crippen molar-refractivity contribution in [2.45, 2.75) is 115 Å². The number of nitrogens with one attached hydrogen (secondary N) is 3. The van der Waals surface area contributed by atoms with Crippen LogP contribution in [0.3, 0.4) is 0 Å². The van der Waals surface area contributed by atoms with Crippen LogP contribution in [-0.2, 0) is 64.7 Å². The van der Waals surface area contributed by atoms with E-state index in [9.17, 15) is 58.4 Å². The van der Waals surface area contributed by atoms with Crippen molar-refractivity contribution in [1.82, 2.24) is 25.3 Å². The predicted octanol–water partition coefficient (Wildman–Crippen LogP) is 8.42. The smallest absolute Gasteiger partial charge is 0.326 e. The van der Waals surface area contributed by atoms with Crippen molar-refractivity contribution < 1.29 is 62.9 Å². The zero-order valence-corrected chi connectivity index (χ0v) is 52.3. The summed E-state index contributed by atoms with van der Waals surface area (Å²) in [6.45, 7) is 11.3. The molecule has 0 radical (unpaired) electrons. The molecule has 6 aromatic rings. The minimum absolute atomic E-state index is 0.0304. The van der Waals surface area contributed by atoms with E-state index in [-0.39, 0.29) is 54.2 Å². The molecule has 26 heteroatoms. The number of hydrogen-bond acceptors (Lipinski definition) is 16. The number of aryl methyl sites for hydroxylation is 1. The first-order chi connectivity index (χ1) is 41.9. The number of anilines is 3. The quantitative estimate of drug-likeness (QED) is 0.0151. The Morgan fingerprint density at radius 3 is 2.19 bits per heavy atom. The third-order valence-electron chi connectivity index (χ3n) is 16.1. The maximum atomic E-state index is 13.5. The van der Waals surface area contributed by atoms with Gasteiger partial charge in [0.15, 0.2) is 16.9 Å². The number of allylic oxidation sites excluding steroid dienone is 7. The molecule has 3 aliphatic rings. The van der Waals surface area contributed by atoms with Gasteiger partial charge in [0, 0.05) is 65.1 Å². The molecule has 2 aliphatic heterocycles.